The second kappa shape index (κ2) is 6.59. The van der Waals surface area contributed by atoms with E-state index in [1.807, 2.05) is 0 Å². The van der Waals surface area contributed by atoms with Gasteiger partial charge in [0.25, 0.3) is 0 Å². The van der Waals surface area contributed by atoms with Crippen LogP contribution in [0.25, 0.3) is 43.8 Å². The van der Waals surface area contributed by atoms with Gasteiger partial charge in [0.15, 0.2) is 8.07 Å². The van der Waals surface area contributed by atoms with Gasteiger partial charge in [-0.3, -0.25) is 0 Å². The van der Waals surface area contributed by atoms with Gasteiger partial charge in [-0.25, -0.2) is 0 Å². The van der Waals surface area contributed by atoms with Gasteiger partial charge < -0.3 is 0 Å². The zero-order chi connectivity index (χ0) is 23.3. The highest BCUT2D eigenvalue weighted by Gasteiger charge is 2.55. The van der Waals surface area contributed by atoms with E-state index in [0.717, 1.165) is 0 Å². The van der Waals surface area contributed by atoms with Crippen molar-refractivity contribution < 1.29 is 0 Å². The van der Waals surface area contributed by atoms with Crippen LogP contribution in [0.2, 0.25) is 0 Å². The summed E-state index contributed by atoms with van der Waals surface area (Å²) in [4.78, 5) is 0. The Hall–Kier alpha value is -3.94. The van der Waals surface area contributed by atoms with E-state index in [0.29, 0.717) is 0 Å². The van der Waals surface area contributed by atoms with Gasteiger partial charge in [-0.15, -0.1) is 0 Å². The Bertz CT molecular complexity index is 1830. The van der Waals surface area contributed by atoms with Crippen molar-refractivity contribution in [3.63, 3.8) is 0 Å². The largest absolute Gasteiger partial charge is 0.182 e. The molecule has 0 radical (unpaired) electrons. The molecule has 0 aliphatic carbocycles. The Morgan fingerprint density at radius 2 is 1.03 bits per heavy atom. The third kappa shape index (κ3) is 2.23. The molecule has 0 fully saturated rings. The van der Waals surface area contributed by atoms with Gasteiger partial charge >= 0.3 is 0 Å². The van der Waals surface area contributed by atoms with E-state index in [4.69, 9.17) is 0 Å². The van der Waals surface area contributed by atoms with Crippen LogP contribution in [0.1, 0.15) is 11.1 Å². The number of rotatable bonds is 0. The number of hydrogen-bond donors (Lipinski definition) is 0. The Morgan fingerprint density at radius 1 is 0.429 bits per heavy atom. The molecule has 164 valence electrons. The highest BCUT2D eigenvalue weighted by atomic mass is 28.3. The molecule has 8 rings (SSSR count). The molecule has 2 aliphatic heterocycles. The van der Waals surface area contributed by atoms with Crippen molar-refractivity contribution in [2.45, 2.75) is 13.8 Å². The highest BCUT2D eigenvalue weighted by Crippen LogP contribution is 2.42. The summed E-state index contributed by atoms with van der Waals surface area (Å²) in [5.74, 6) is 0. The summed E-state index contributed by atoms with van der Waals surface area (Å²) in [6.45, 7) is 4.46. The lowest BCUT2D eigenvalue weighted by atomic mass is 9.92. The topological polar surface area (TPSA) is 0 Å². The average Bonchev–Trinajstić information content (AvgIpc) is 3.36. The molecule has 2 heterocycles. The van der Waals surface area contributed by atoms with Crippen LogP contribution < -0.4 is 20.7 Å². The molecule has 35 heavy (non-hydrogen) atoms. The van der Waals surface area contributed by atoms with E-state index < -0.39 is 8.07 Å². The first-order chi connectivity index (χ1) is 17.2. The second-order valence-corrected chi connectivity index (χ2v) is 13.9. The molecule has 0 saturated heterocycles. The van der Waals surface area contributed by atoms with Crippen molar-refractivity contribution in [1.82, 2.24) is 0 Å². The molecule has 6 aromatic carbocycles. The Kier molecular flexibility index (Phi) is 3.65. The first-order valence-electron chi connectivity index (χ1n) is 12.5. The van der Waals surface area contributed by atoms with Gasteiger partial charge in [-0.2, -0.15) is 0 Å². The third-order valence-electron chi connectivity index (χ3n) is 8.36. The maximum absolute atomic E-state index is 2.51. The minimum absolute atomic E-state index is 1.32. The van der Waals surface area contributed by atoms with Crippen LogP contribution in [-0.2, 0) is 0 Å². The van der Waals surface area contributed by atoms with Crippen LogP contribution in [0, 0.1) is 13.8 Å². The first kappa shape index (κ1) is 19.4. The van der Waals surface area contributed by atoms with Crippen molar-refractivity contribution >= 4 is 50.4 Å². The zero-order valence-corrected chi connectivity index (χ0v) is 20.9. The normalized spacial score (nSPS) is 14.2. The molecule has 1 heteroatoms. The van der Waals surface area contributed by atoms with Crippen molar-refractivity contribution in [2.24, 2.45) is 0 Å². The Morgan fingerprint density at radius 3 is 1.77 bits per heavy atom. The van der Waals surface area contributed by atoms with Crippen LogP contribution in [0.3, 0.4) is 0 Å². The quantitative estimate of drug-likeness (QED) is 0.194. The molecule has 0 bridgehead atoms. The van der Waals surface area contributed by atoms with E-state index in [1.54, 1.807) is 20.7 Å². The molecule has 0 N–H and O–H groups in total. The highest BCUT2D eigenvalue weighted by molar-refractivity contribution is 7.25. The fraction of sp³-hybridized carbons (Fsp3) is 0.0588. The smallest absolute Gasteiger partial charge is 0.0623 e. The molecular weight excluding hydrogens is 436 g/mol. The first-order valence-corrected chi connectivity index (χ1v) is 14.5. The number of aryl methyl sites for hydroxylation is 2. The molecule has 0 atom stereocenters. The molecule has 0 nitrogen and oxygen atoms in total. The maximum atomic E-state index is 2.51. The molecule has 0 aromatic heterocycles. The van der Waals surface area contributed by atoms with Gasteiger partial charge in [0, 0.05) is 0 Å². The van der Waals surface area contributed by atoms with E-state index in [2.05, 4.69) is 123 Å². The third-order valence-corrected chi connectivity index (χ3v) is 13.3. The summed E-state index contributed by atoms with van der Waals surface area (Å²) in [7, 11) is -2.48. The van der Waals surface area contributed by atoms with Crippen molar-refractivity contribution in [3.05, 3.63) is 120 Å². The van der Waals surface area contributed by atoms with Gasteiger partial charge in [0.2, 0.25) is 0 Å². The molecular formula is C34H24Si. The number of hydrogen-bond acceptors (Lipinski definition) is 0. The summed E-state index contributed by atoms with van der Waals surface area (Å²) >= 11 is 0. The Labute approximate surface area is 206 Å². The summed E-state index contributed by atoms with van der Waals surface area (Å²) in [6, 6.07) is 41.9. The standard InChI is InChI=1S/C34H24Si/c1-21-15-17-27-29(19-21)23-9-3-4-12-26(23)33-28-18-16-22(2)20-32(28)35(34(27)33)30-13-7-5-10-24(30)25-11-6-8-14-31(25)35/h3-20H,1-2H3. The van der Waals surface area contributed by atoms with Gasteiger partial charge in [-0.1, -0.05) is 120 Å². The fourth-order valence-corrected chi connectivity index (χ4v) is 13.0. The zero-order valence-electron chi connectivity index (χ0n) is 19.9. The summed E-state index contributed by atoms with van der Waals surface area (Å²) in [5.41, 5.74) is 8.39. The summed E-state index contributed by atoms with van der Waals surface area (Å²) < 4.78 is 0. The summed E-state index contributed by atoms with van der Waals surface area (Å²) in [5, 5.41) is 11.8. The average molecular weight is 461 g/mol. The van der Waals surface area contributed by atoms with Crippen LogP contribution in [-0.4, -0.2) is 8.07 Å². The van der Waals surface area contributed by atoms with Gasteiger partial charge in [0.05, 0.1) is 0 Å². The molecule has 6 aromatic rings. The Balaban J connectivity index is 1.72. The lowest BCUT2D eigenvalue weighted by Gasteiger charge is -2.29. The molecule has 2 aliphatic rings. The second-order valence-electron chi connectivity index (χ2n) is 10.2. The minimum atomic E-state index is -2.48. The van der Waals surface area contributed by atoms with E-state index >= 15 is 0 Å². The molecule has 0 amide bonds. The maximum Gasteiger partial charge on any atom is 0.182 e. The SMILES string of the molecule is Cc1ccc2c(c1)[Si]1(c3ccccc3-c3ccccc31)c1c-2c2ccccc2c2cc(C)ccc12. The van der Waals surface area contributed by atoms with Crippen LogP contribution >= 0.6 is 0 Å². The fourth-order valence-electron chi connectivity index (χ4n) is 7.09. The van der Waals surface area contributed by atoms with Crippen molar-refractivity contribution in [1.29, 1.82) is 0 Å². The van der Waals surface area contributed by atoms with E-state index in [1.165, 1.54) is 54.9 Å². The van der Waals surface area contributed by atoms with Crippen LogP contribution in [0.4, 0.5) is 0 Å². The number of fused-ring (bicyclic) bond motifs is 15. The van der Waals surface area contributed by atoms with Crippen LogP contribution in [0.15, 0.2) is 109 Å². The molecule has 0 saturated carbocycles. The summed E-state index contributed by atoms with van der Waals surface area (Å²) in [6.07, 6.45) is 0. The van der Waals surface area contributed by atoms with Gasteiger partial charge in [-0.05, 0) is 78.4 Å². The lowest BCUT2D eigenvalue weighted by Crippen LogP contribution is -2.71. The number of benzene rings is 6. The predicted octanol–water partition coefficient (Wildman–Crippen LogP) is 5.95. The molecule has 0 unspecified atom stereocenters. The van der Waals surface area contributed by atoms with E-state index in [9.17, 15) is 0 Å². The minimum Gasteiger partial charge on any atom is -0.0623 e. The van der Waals surface area contributed by atoms with Crippen LogP contribution in [0.5, 0.6) is 0 Å². The lowest BCUT2D eigenvalue weighted by molar-refractivity contribution is 1.49. The van der Waals surface area contributed by atoms with Gasteiger partial charge in [0.1, 0.15) is 0 Å². The molecule has 1 spiro atoms. The van der Waals surface area contributed by atoms with E-state index in [-0.39, 0.29) is 0 Å². The monoisotopic (exact) mass is 460 g/mol. The predicted molar refractivity (Wildman–Crippen MR) is 153 cm³/mol. The van der Waals surface area contributed by atoms with Crippen molar-refractivity contribution in [2.75, 3.05) is 0 Å². The van der Waals surface area contributed by atoms with Crippen molar-refractivity contribution in [3.8, 4) is 22.3 Å².